The number of rotatable bonds is 9. The van der Waals surface area contributed by atoms with Crippen LogP contribution in [0.25, 0.3) is 11.3 Å². The Balaban J connectivity index is 1.14. The lowest BCUT2D eigenvalue weighted by atomic mass is 9.99. The molecule has 0 N–H and O–H groups in total. The second-order valence-corrected chi connectivity index (χ2v) is 14.9. The first-order valence-electron chi connectivity index (χ1n) is 16.7. The predicted octanol–water partition coefficient (Wildman–Crippen LogP) is 5.60. The molecule has 0 atom stereocenters. The molecule has 46 heavy (non-hydrogen) atoms. The van der Waals surface area contributed by atoms with E-state index in [1.165, 1.54) is 6.07 Å². The van der Waals surface area contributed by atoms with E-state index in [2.05, 4.69) is 29.5 Å². The van der Waals surface area contributed by atoms with Crippen LogP contribution < -0.4 is 0 Å². The van der Waals surface area contributed by atoms with Gasteiger partial charge in [0.05, 0.1) is 17.0 Å². The molecule has 3 fully saturated rings. The van der Waals surface area contributed by atoms with Gasteiger partial charge in [-0.25, -0.2) is 4.31 Å². The van der Waals surface area contributed by atoms with Gasteiger partial charge in [-0.05, 0) is 63.1 Å². The van der Waals surface area contributed by atoms with Crippen molar-refractivity contribution in [3.63, 3.8) is 0 Å². The third-order valence-electron chi connectivity index (χ3n) is 10.1. The van der Waals surface area contributed by atoms with Crippen molar-refractivity contribution in [2.24, 2.45) is 5.92 Å². The smallest absolute Gasteiger partial charge is 0.342 e. The molecule has 4 aliphatic rings. The number of carbonyl (C=O) groups is 2. The number of benzene rings is 1. The SMILES string of the molecule is CC1CCN(C(=O)CSc2cc(-c3nn(CCCN4CCC(N5CCCC5=O)CC4)c4c3CN(S)CC4)ccc2C(F)(F)F)CC1. The molecule has 0 spiro atoms. The number of carbonyl (C=O) groups excluding carboxylic acids is 2. The Kier molecular flexibility index (Phi) is 10.6. The van der Waals surface area contributed by atoms with E-state index in [1.54, 1.807) is 11.0 Å². The molecule has 0 radical (unpaired) electrons. The number of amides is 2. The number of hydrogen-bond acceptors (Lipinski definition) is 7. The summed E-state index contributed by atoms with van der Waals surface area (Å²) in [4.78, 5) is 31.5. The van der Waals surface area contributed by atoms with Crippen molar-refractivity contribution in [2.45, 2.75) is 88.5 Å². The molecule has 0 bridgehead atoms. The van der Waals surface area contributed by atoms with Gasteiger partial charge >= 0.3 is 6.18 Å². The number of hydrogen-bond donors (Lipinski definition) is 1. The Morgan fingerprint density at radius 3 is 2.48 bits per heavy atom. The summed E-state index contributed by atoms with van der Waals surface area (Å²) in [5.41, 5.74) is 2.73. The predicted molar refractivity (Wildman–Crippen MR) is 176 cm³/mol. The van der Waals surface area contributed by atoms with Crippen molar-refractivity contribution in [2.75, 3.05) is 51.6 Å². The van der Waals surface area contributed by atoms with Crippen LogP contribution in [-0.4, -0.2) is 98.2 Å². The first-order valence-corrected chi connectivity index (χ1v) is 18.1. The fraction of sp³-hybridized carbons (Fsp3) is 0.667. The first kappa shape index (κ1) is 33.7. The molecule has 1 aromatic carbocycles. The molecule has 5 heterocycles. The van der Waals surface area contributed by atoms with E-state index in [0.29, 0.717) is 55.2 Å². The summed E-state index contributed by atoms with van der Waals surface area (Å²) in [7, 11) is 0. The van der Waals surface area contributed by atoms with Gasteiger partial charge in [0.1, 0.15) is 0 Å². The van der Waals surface area contributed by atoms with Crippen LogP contribution in [-0.2, 0) is 35.3 Å². The number of alkyl halides is 3. The van der Waals surface area contributed by atoms with Gasteiger partial charge in [-0.15, -0.1) is 11.8 Å². The summed E-state index contributed by atoms with van der Waals surface area (Å²) >= 11 is 5.57. The van der Waals surface area contributed by atoms with Crippen LogP contribution in [0.5, 0.6) is 0 Å². The highest BCUT2D eigenvalue weighted by Gasteiger charge is 2.35. The lowest BCUT2D eigenvalue weighted by molar-refractivity contribution is -0.139. The number of aromatic nitrogens is 2. The van der Waals surface area contributed by atoms with Crippen molar-refractivity contribution in [3.8, 4) is 11.3 Å². The fourth-order valence-corrected chi connectivity index (χ4v) is 8.61. The van der Waals surface area contributed by atoms with E-state index in [1.807, 2.05) is 8.99 Å². The minimum atomic E-state index is -4.52. The number of aryl methyl sites for hydroxylation is 1. The molecule has 2 aromatic rings. The molecule has 252 valence electrons. The van der Waals surface area contributed by atoms with Crippen LogP contribution in [0.2, 0.25) is 0 Å². The minimum Gasteiger partial charge on any atom is -0.342 e. The average molecular weight is 679 g/mol. The molecule has 0 unspecified atom stereocenters. The highest BCUT2D eigenvalue weighted by molar-refractivity contribution is 8.00. The van der Waals surface area contributed by atoms with Gasteiger partial charge in [-0.1, -0.05) is 25.8 Å². The number of piperidine rings is 2. The maximum absolute atomic E-state index is 14.1. The average Bonchev–Trinajstić information content (AvgIpc) is 3.63. The quantitative estimate of drug-likeness (QED) is 0.276. The summed E-state index contributed by atoms with van der Waals surface area (Å²) in [5, 5.41) is 4.99. The Morgan fingerprint density at radius 1 is 1.02 bits per heavy atom. The van der Waals surface area contributed by atoms with Gasteiger partial charge in [0.2, 0.25) is 11.8 Å². The zero-order valence-corrected chi connectivity index (χ0v) is 28.3. The molecule has 13 heteroatoms. The Hall–Kier alpha value is -2.22. The fourth-order valence-electron chi connectivity index (χ4n) is 7.36. The minimum absolute atomic E-state index is 0.0243. The van der Waals surface area contributed by atoms with Crippen LogP contribution >= 0.6 is 24.6 Å². The lowest BCUT2D eigenvalue weighted by Crippen LogP contribution is -2.45. The van der Waals surface area contributed by atoms with Crippen molar-refractivity contribution in [1.29, 1.82) is 0 Å². The van der Waals surface area contributed by atoms with Gasteiger partial charge < -0.3 is 14.7 Å². The highest BCUT2D eigenvalue weighted by atomic mass is 32.2. The maximum atomic E-state index is 14.1. The standard InChI is InChI=1S/C33H45F3N6O2S2/c1-23-7-17-39(18-8-23)31(44)22-46-29-20-24(5-6-27(29)33(34,35)36)32-26-21-40(45)19-11-28(26)42(37-32)14-3-12-38-15-9-25(10-16-38)41-13-2-4-30(41)43/h5-6,20,23,25,45H,2-4,7-19,21-22H2,1H3. The van der Waals surface area contributed by atoms with Crippen molar-refractivity contribution in [3.05, 3.63) is 35.0 Å². The summed E-state index contributed by atoms with van der Waals surface area (Å²) in [5.74, 6) is 0.728. The van der Waals surface area contributed by atoms with Crippen LogP contribution in [0.1, 0.15) is 68.7 Å². The normalized spacial score (nSPS) is 20.9. The van der Waals surface area contributed by atoms with E-state index in [4.69, 9.17) is 5.10 Å². The molecule has 8 nitrogen and oxygen atoms in total. The van der Waals surface area contributed by atoms with Crippen molar-refractivity contribution < 1.29 is 22.8 Å². The van der Waals surface area contributed by atoms with Crippen molar-refractivity contribution in [1.82, 2.24) is 28.8 Å². The van der Waals surface area contributed by atoms with E-state index in [0.717, 1.165) is 113 Å². The first-order chi connectivity index (χ1) is 22.1. The highest BCUT2D eigenvalue weighted by Crippen LogP contribution is 2.40. The zero-order chi connectivity index (χ0) is 32.4. The molecule has 1 aromatic heterocycles. The second-order valence-electron chi connectivity index (χ2n) is 13.3. The number of fused-ring (bicyclic) bond motifs is 1. The van der Waals surface area contributed by atoms with Gasteiger partial charge in [-0.2, -0.15) is 18.3 Å². The van der Waals surface area contributed by atoms with Crippen molar-refractivity contribution >= 4 is 36.4 Å². The molecule has 6 rings (SSSR count). The van der Waals surface area contributed by atoms with Crippen LogP contribution in [0.4, 0.5) is 13.2 Å². The molecular formula is C33H45F3N6O2S2. The summed E-state index contributed by atoms with van der Waals surface area (Å²) in [6, 6.07) is 4.59. The summed E-state index contributed by atoms with van der Waals surface area (Å²) in [6.07, 6.45) is 2.71. The number of nitrogens with zero attached hydrogens (tertiary/aromatic N) is 6. The maximum Gasteiger partial charge on any atom is 0.417 e. The Morgan fingerprint density at radius 2 is 1.78 bits per heavy atom. The van der Waals surface area contributed by atoms with Gasteiger partial charge in [0.15, 0.2) is 0 Å². The lowest BCUT2D eigenvalue weighted by Gasteiger charge is -2.36. The Bertz CT molecular complexity index is 1400. The molecule has 3 saturated heterocycles. The van der Waals surface area contributed by atoms with Crippen LogP contribution in [0.3, 0.4) is 0 Å². The van der Waals surface area contributed by atoms with Crippen LogP contribution in [0, 0.1) is 5.92 Å². The summed E-state index contributed by atoms with van der Waals surface area (Å²) < 4.78 is 46.2. The van der Waals surface area contributed by atoms with Gasteiger partial charge in [-0.3, -0.25) is 14.3 Å². The van der Waals surface area contributed by atoms with Gasteiger partial charge in [0.25, 0.3) is 0 Å². The number of thiol groups is 1. The van der Waals surface area contributed by atoms with E-state index >= 15 is 0 Å². The van der Waals surface area contributed by atoms with Gasteiger partial charge in [0, 0.05) is 93.0 Å². The second kappa shape index (κ2) is 14.5. The van der Waals surface area contributed by atoms with Crippen LogP contribution in [0.15, 0.2) is 23.1 Å². The largest absolute Gasteiger partial charge is 0.417 e. The summed E-state index contributed by atoms with van der Waals surface area (Å²) in [6.45, 7) is 9.35. The third-order valence-corrected chi connectivity index (χ3v) is 11.5. The number of halogens is 3. The van der Waals surface area contributed by atoms with E-state index in [-0.39, 0.29) is 16.6 Å². The molecule has 0 aliphatic carbocycles. The zero-order valence-electron chi connectivity index (χ0n) is 26.6. The van der Waals surface area contributed by atoms with E-state index < -0.39 is 11.7 Å². The molecular weight excluding hydrogens is 634 g/mol. The van der Waals surface area contributed by atoms with E-state index in [9.17, 15) is 22.8 Å². The molecule has 2 amide bonds. The monoisotopic (exact) mass is 678 g/mol. The molecule has 4 aliphatic heterocycles. The number of thioether (sulfide) groups is 1. The topological polar surface area (TPSA) is 64.9 Å². The number of likely N-dealkylation sites (tertiary alicyclic amines) is 3. The molecule has 0 saturated carbocycles. The third kappa shape index (κ3) is 7.73. The Labute approximate surface area is 279 Å².